The molecule has 29 heavy (non-hydrogen) atoms. The fraction of sp³-hybridized carbons (Fsp3) is 0.286. The number of amides is 1. The summed E-state index contributed by atoms with van der Waals surface area (Å²) in [6, 6.07) is 7.52. The lowest BCUT2D eigenvalue weighted by atomic mass is 10.1. The maximum atomic E-state index is 14.4. The van der Waals surface area contributed by atoms with Crippen LogP contribution in [0.1, 0.15) is 33.7 Å². The molecule has 4 rings (SSSR count). The number of pyridine rings is 1. The molecule has 0 fully saturated rings. The number of nitrogens with zero attached hydrogens (tertiary/aromatic N) is 4. The molecule has 0 saturated carbocycles. The molecule has 0 spiro atoms. The quantitative estimate of drug-likeness (QED) is 0.693. The maximum Gasteiger partial charge on any atom is 0.275 e. The van der Waals surface area contributed by atoms with Gasteiger partial charge < -0.3 is 10.0 Å². The summed E-state index contributed by atoms with van der Waals surface area (Å²) in [5.74, 6) is -2.31. The fourth-order valence-electron chi connectivity index (χ4n) is 3.70. The molecule has 2 aromatic heterocycles. The van der Waals surface area contributed by atoms with Crippen molar-refractivity contribution in [2.45, 2.75) is 25.8 Å². The number of benzene rings is 1. The number of hydrogen-bond acceptors (Lipinski definition) is 4. The van der Waals surface area contributed by atoms with Crippen molar-refractivity contribution >= 4 is 5.91 Å². The Morgan fingerprint density at radius 1 is 1.21 bits per heavy atom. The molecular weight excluding hydrogens is 378 g/mol. The lowest BCUT2D eigenvalue weighted by molar-refractivity contribution is 0.0700. The lowest BCUT2D eigenvalue weighted by Crippen LogP contribution is -2.34. The van der Waals surface area contributed by atoms with Gasteiger partial charge in [-0.1, -0.05) is 12.1 Å². The smallest absolute Gasteiger partial charge is 0.275 e. The molecule has 0 radical (unpaired) electrons. The SMILES string of the molecule is O=C(c1nn(-c2cccc(F)c2F)c2c1CCC2)N(CCO)Cc1cccnc1. The van der Waals surface area contributed by atoms with Crippen LogP contribution in [0.5, 0.6) is 0 Å². The highest BCUT2D eigenvalue weighted by Crippen LogP contribution is 2.30. The van der Waals surface area contributed by atoms with Gasteiger partial charge in [-0.25, -0.2) is 13.5 Å². The third kappa shape index (κ3) is 3.63. The van der Waals surface area contributed by atoms with Crippen LogP contribution in [0.25, 0.3) is 5.69 Å². The Labute approximate surface area is 166 Å². The average molecular weight is 398 g/mol. The van der Waals surface area contributed by atoms with Gasteiger partial charge in [0.05, 0.1) is 6.61 Å². The second-order valence-corrected chi connectivity index (χ2v) is 6.92. The second kappa shape index (κ2) is 8.08. The predicted octanol–water partition coefficient (Wildman–Crippen LogP) is 2.67. The van der Waals surface area contributed by atoms with Crippen molar-refractivity contribution in [1.29, 1.82) is 0 Å². The summed E-state index contributed by atoms with van der Waals surface area (Å²) in [4.78, 5) is 18.8. The summed E-state index contributed by atoms with van der Waals surface area (Å²) in [5, 5.41) is 13.8. The van der Waals surface area contributed by atoms with E-state index in [1.807, 2.05) is 6.07 Å². The molecule has 150 valence electrons. The van der Waals surface area contributed by atoms with Crippen LogP contribution < -0.4 is 0 Å². The van der Waals surface area contributed by atoms with Gasteiger partial charge in [0.1, 0.15) is 5.69 Å². The Morgan fingerprint density at radius 2 is 2.07 bits per heavy atom. The van der Waals surface area contributed by atoms with Crippen LogP contribution in [0.3, 0.4) is 0 Å². The number of halogens is 2. The van der Waals surface area contributed by atoms with Crippen LogP contribution >= 0.6 is 0 Å². The van der Waals surface area contributed by atoms with Gasteiger partial charge in [0.15, 0.2) is 17.3 Å². The van der Waals surface area contributed by atoms with Crippen molar-refractivity contribution in [3.05, 3.63) is 76.9 Å². The molecular formula is C21H20F2N4O2. The van der Waals surface area contributed by atoms with Crippen LogP contribution in [0.4, 0.5) is 8.78 Å². The Morgan fingerprint density at radius 3 is 2.83 bits per heavy atom. The van der Waals surface area contributed by atoms with Gasteiger partial charge in [0.25, 0.3) is 5.91 Å². The second-order valence-electron chi connectivity index (χ2n) is 6.92. The van der Waals surface area contributed by atoms with E-state index in [0.717, 1.165) is 29.3 Å². The van der Waals surface area contributed by atoms with Crippen LogP contribution in [0.15, 0.2) is 42.7 Å². The third-order valence-corrected chi connectivity index (χ3v) is 5.05. The molecule has 8 heteroatoms. The minimum absolute atomic E-state index is 0.0110. The number of fused-ring (bicyclic) bond motifs is 1. The molecule has 3 aromatic rings. The molecule has 1 aliphatic rings. The van der Waals surface area contributed by atoms with Crippen molar-refractivity contribution < 1.29 is 18.7 Å². The van der Waals surface area contributed by atoms with Gasteiger partial charge in [-0.05, 0) is 43.0 Å². The number of carbonyl (C=O) groups excluding carboxylic acids is 1. The van der Waals surface area contributed by atoms with Gasteiger partial charge >= 0.3 is 0 Å². The molecule has 6 nitrogen and oxygen atoms in total. The molecule has 1 aromatic carbocycles. The predicted molar refractivity (Wildman–Crippen MR) is 102 cm³/mol. The number of carbonyl (C=O) groups is 1. The zero-order valence-corrected chi connectivity index (χ0v) is 15.7. The largest absolute Gasteiger partial charge is 0.395 e. The fourth-order valence-corrected chi connectivity index (χ4v) is 3.70. The van der Waals surface area contributed by atoms with Gasteiger partial charge in [0.2, 0.25) is 0 Å². The Bertz CT molecular complexity index is 1040. The summed E-state index contributed by atoms with van der Waals surface area (Å²) < 4.78 is 29.4. The molecule has 0 bridgehead atoms. The Balaban J connectivity index is 1.72. The van der Waals surface area contributed by atoms with E-state index < -0.39 is 11.6 Å². The Hall–Kier alpha value is -3.13. The van der Waals surface area contributed by atoms with Crippen molar-refractivity contribution in [1.82, 2.24) is 19.7 Å². The van der Waals surface area contributed by atoms with Gasteiger partial charge in [-0.3, -0.25) is 9.78 Å². The summed E-state index contributed by atoms with van der Waals surface area (Å²) in [5.41, 5.74) is 2.51. The van der Waals surface area contributed by atoms with Gasteiger partial charge in [-0.15, -0.1) is 0 Å². The molecule has 1 amide bonds. The Kier molecular flexibility index (Phi) is 5.35. The van der Waals surface area contributed by atoms with Crippen LogP contribution in [0, 0.1) is 11.6 Å². The molecule has 0 unspecified atom stereocenters. The number of rotatable bonds is 6. The van der Waals surface area contributed by atoms with E-state index >= 15 is 0 Å². The highest BCUT2D eigenvalue weighted by atomic mass is 19.2. The van der Waals surface area contributed by atoms with Crippen molar-refractivity contribution in [2.75, 3.05) is 13.2 Å². The molecule has 0 atom stereocenters. The van der Waals surface area contributed by atoms with E-state index in [1.165, 1.54) is 21.7 Å². The van der Waals surface area contributed by atoms with Crippen molar-refractivity contribution in [3.63, 3.8) is 0 Å². The number of aliphatic hydroxyl groups is 1. The minimum atomic E-state index is -0.994. The van der Waals surface area contributed by atoms with Crippen molar-refractivity contribution in [3.8, 4) is 5.69 Å². The molecule has 0 saturated heterocycles. The number of aromatic nitrogens is 3. The first-order valence-electron chi connectivity index (χ1n) is 9.44. The van der Waals surface area contributed by atoms with E-state index in [9.17, 15) is 18.7 Å². The van der Waals surface area contributed by atoms with E-state index in [-0.39, 0.29) is 37.0 Å². The van der Waals surface area contributed by atoms with Crippen LogP contribution in [0.2, 0.25) is 0 Å². The first-order valence-corrected chi connectivity index (χ1v) is 9.44. The zero-order valence-electron chi connectivity index (χ0n) is 15.7. The summed E-state index contributed by atoms with van der Waals surface area (Å²) in [6.45, 7) is 0.195. The summed E-state index contributed by atoms with van der Waals surface area (Å²) in [7, 11) is 0. The normalized spacial score (nSPS) is 12.8. The zero-order chi connectivity index (χ0) is 20.4. The number of hydrogen-bond donors (Lipinski definition) is 1. The van der Waals surface area contributed by atoms with E-state index in [2.05, 4.69) is 10.1 Å². The topological polar surface area (TPSA) is 71.2 Å². The monoisotopic (exact) mass is 398 g/mol. The maximum absolute atomic E-state index is 14.4. The van der Waals surface area contributed by atoms with Crippen molar-refractivity contribution in [2.24, 2.45) is 0 Å². The molecule has 1 N–H and O–H groups in total. The minimum Gasteiger partial charge on any atom is -0.395 e. The van der Waals surface area contributed by atoms with Crippen LogP contribution in [-0.2, 0) is 19.4 Å². The highest BCUT2D eigenvalue weighted by molar-refractivity contribution is 5.94. The summed E-state index contributed by atoms with van der Waals surface area (Å²) >= 11 is 0. The van der Waals surface area contributed by atoms with E-state index in [1.54, 1.807) is 18.5 Å². The molecule has 2 heterocycles. The first-order chi connectivity index (χ1) is 14.1. The summed E-state index contributed by atoms with van der Waals surface area (Å²) in [6.07, 6.45) is 5.39. The third-order valence-electron chi connectivity index (χ3n) is 5.05. The van der Waals surface area contributed by atoms with Gasteiger partial charge in [-0.2, -0.15) is 5.10 Å². The first kappa shape index (κ1) is 19.2. The van der Waals surface area contributed by atoms with Gasteiger partial charge in [0, 0.05) is 36.7 Å². The molecule has 1 aliphatic carbocycles. The standard InChI is InChI=1S/C21H20F2N4O2/c22-16-6-2-8-18(19(16)23)27-17-7-1-5-15(17)20(25-27)21(29)26(10-11-28)13-14-4-3-9-24-12-14/h2-4,6,8-9,12,28H,1,5,7,10-11,13H2. The average Bonchev–Trinajstić information content (AvgIpc) is 3.33. The molecule has 0 aliphatic heterocycles. The number of aliphatic hydroxyl groups excluding tert-OH is 1. The lowest BCUT2D eigenvalue weighted by Gasteiger charge is -2.21. The van der Waals surface area contributed by atoms with E-state index in [0.29, 0.717) is 12.8 Å². The van der Waals surface area contributed by atoms with Crippen LogP contribution in [-0.4, -0.2) is 43.8 Å². The highest BCUT2D eigenvalue weighted by Gasteiger charge is 2.30. The van der Waals surface area contributed by atoms with E-state index in [4.69, 9.17) is 0 Å².